The summed E-state index contributed by atoms with van der Waals surface area (Å²) in [6.07, 6.45) is 3.10. The Morgan fingerprint density at radius 2 is 2.11 bits per heavy atom. The molecule has 0 atom stereocenters. The van der Waals surface area contributed by atoms with Crippen molar-refractivity contribution in [2.24, 2.45) is 0 Å². The van der Waals surface area contributed by atoms with Crippen LogP contribution in [0.3, 0.4) is 0 Å². The number of hydrogen-bond donors (Lipinski definition) is 0. The van der Waals surface area contributed by atoms with Gasteiger partial charge in [0.25, 0.3) is 0 Å². The summed E-state index contributed by atoms with van der Waals surface area (Å²) in [5.74, 6) is 2.59. The molecule has 0 amide bonds. The van der Waals surface area contributed by atoms with Gasteiger partial charge in [0.05, 0.1) is 6.10 Å². The molecule has 0 radical (unpaired) electrons. The third kappa shape index (κ3) is 2.59. The Balaban J connectivity index is 2.08. The van der Waals surface area contributed by atoms with Crippen LogP contribution >= 0.6 is 11.8 Å². The molecule has 9 heavy (non-hydrogen) atoms. The van der Waals surface area contributed by atoms with E-state index in [1.54, 1.807) is 0 Å². The van der Waals surface area contributed by atoms with Gasteiger partial charge in [0.2, 0.25) is 0 Å². The molecular formula is C7H14OS. The van der Waals surface area contributed by atoms with E-state index in [2.05, 4.69) is 6.92 Å². The minimum atomic E-state index is 0.580. The van der Waals surface area contributed by atoms with E-state index in [0.29, 0.717) is 6.10 Å². The lowest BCUT2D eigenvalue weighted by Crippen LogP contribution is -2.18. The van der Waals surface area contributed by atoms with Crippen molar-refractivity contribution < 1.29 is 4.74 Å². The maximum Gasteiger partial charge on any atom is 0.0590 e. The van der Waals surface area contributed by atoms with Gasteiger partial charge in [-0.1, -0.05) is 0 Å². The van der Waals surface area contributed by atoms with Gasteiger partial charge in [-0.2, -0.15) is 11.8 Å². The van der Waals surface area contributed by atoms with Crippen molar-refractivity contribution in [3.05, 3.63) is 0 Å². The molecule has 0 spiro atoms. The molecule has 1 saturated heterocycles. The van der Waals surface area contributed by atoms with Gasteiger partial charge in [-0.05, 0) is 31.3 Å². The molecule has 0 bridgehead atoms. The van der Waals surface area contributed by atoms with Crippen LogP contribution in [0, 0.1) is 0 Å². The molecule has 54 valence electrons. The summed E-state index contributed by atoms with van der Waals surface area (Å²) in [4.78, 5) is 0. The highest BCUT2D eigenvalue weighted by molar-refractivity contribution is 7.99. The highest BCUT2D eigenvalue weighted by atomic mass is 32.2. The summed E-state index contributed by atoms with van der Waals surface area (Å²) >= 11 is 2.04. The monoisotopic (exact) mass is 146 g/mol. The maximum atomic E-state index is 5.47. The van der Waals surface area contributed by atoms with Gasteiger partial charge in [-0.15, -0.1) is 0 Å². The molecule has 0 saturated carbocycles. The van der Waals surface area contributed by atoms with E-state index in [1.807, 2.05) is 11.8 Å². The van der Waals surface area contributed by atoms with E-state index in [4.69, 9.17) is 4.74 Å². The highest BCUT2D eigenvalue weighted by Crippen LogP contribution is 2.18. The Morgan fingerprint density at radius 1 is 1.44 bits per heavy atom. The SMILES string of the molecule is CCOC1CCSCC1. The largest absolute Gasteiger partial charge is 0.378 e. The van der Waals surface area contributed by atoms with E-state index < -0.39 is 0 Å². The number of ether oxygens (including phenoxy) is 1. The quantitative estimate of drug-likeness (QED) is 0.588. The molecule has 0 unspecified atom stereocenters. The lowest BCUT2D eigenvalue weighted by molar-refractivity contribution is 0.0575. The molecule has 0 aromatic rings. The van der Waals surface area contributed by atoms with E-state index in [9.17, 15) is 0 Å². The normalized spacial score (nSPS) is 22.3. The average Bonchev–Trinajstić information content (AvgIpc) is 1.91. The molecule has 1 aliphatic heterocycles. The van der Waals surface area contributed by atoms with E-state index in [-0.39, 0.29) is 0 Å². The summed E-state index contributed by atoms with van der Waals surface area (Å²) in [5, 5.41) is 0. The van der Waals surface area contributed by atoms with Gasteiger partial charge in [0, 0.05) is 6.61 Å². The van der Waals surface area contributed by atoms with Crippen molar-refractivity contribution in [2.75, 3.05) is 18.1 Å². The molecule has 2 heteroatoms. The standard InChI is InChI=1S/C7H14OS/c1-2-8-7-3-5-9-6-4-7/h7H,2-6H2,1H3. The van der Waals surface area contributed by atoms with Crippen LogP contribution < -0.4 is 0 Å². The third-order valence-corrected chi connectivity index (χ3v) is 2.62. The molecule has 1 aliphatic rings. The second-order valence-corrected chi connectivity index (χ2v) is 3.49. The Morgan fingerprint density at radius 3 is 2.67 bits per heavy atom. The highest BCUT2D eigenvalue weighted by Gasteiger charge is 2.12. The molecule has 1 heterocycles. The van der Waals surface area contributed by atoms with E-state index in [0.717, 1.165) is 6.61 Å². The summed E-state index contributed by atoms with van der Waals surface area (Å²) < 4.78 is 5.47. The summed E-state index contributed by atoms with van der Waals surface area (Å²) in [6, 6.07) is 0. The second-order valence-electron chi connectivity index (χ2n) is 2.27. The van der Waals surface area contributed by atoms with Crippen molar-refractivity contribution in [3.63, 3.8) is 0 Å². The lowest BCUT2D eigenvalue weighted by Gasteiger charge is -2.20. The number of hydrogen-bond acceptors (Lipinski definition) is 2. The topological polar surface area (TPSA) is 9.23 Å². The van der Waals surface area contributed by atoms with Crippen molar-refractivity contribution in [1.29, 1.82) is 0 Å². The average molecular weight is 146 g/mol. The maximum absolute atomic E-state index is 5.47. The molecule has 0 aromatic carbocycles. The van der Waals surface area contributed by atoms with Gasteiger partial charge >= 0.3 is 0 Å². The van der Waals surface area contributed by atoms with Crippen LogP contribution in [0.4, 0.5) is 0 Å². The molecule has 1 nitrogen and oxygen atoms in total. The summed E-state index contributed by atoms with van der Waals surface area (Å²) in [5.41, 5.74) is 0. The van der Waals surface area contributed by atoms with Crippen molar-refractivity contribution in [2.45, 2.75) is 25.9 Å². The number of thioether (sulfide) groups is 1. The van der Waals surface area contributed by atoms with Gasteiger partial charge in [-0.3, -0.25) is 0 Å². The fourth-order valence-electron chi connectivity index (χ4n) is 1.08. The van der Waals surface area contributed by atoms with Crippen molar-refractivity contribution >= 4 is 11.8 Å². The first-order chi connectivity index (χ1) is 4.43. The van der Waals surface area contributed by atoms with Crippen molar-refractivity contribution in [3.8, 4) is 0 Å². The van der Waals surface area contributed by atoms with Crippen LogP contribution in [0.5, 0.6) is 0 Å². The Labute approximate surface area is 61.2 Å². The number of rotatable bonds is 2. The summed E-state index contributed by atoms with van der Waals surface area (Å²) in [7, 11) is 0. The van der Waals surface area contributed by atoms with Crippen LogP contribution in [0.2, 0.25) is 0 Å². The minimum Gasteiger partial charge on any atom is -0.378 e. The molecule has 1 fully saturated rings. The van der Waals surface area contributed by atoms with Crippen LogP contribution in [0.25, 0.3) is 0 Å². The van der Waals surface area contributed by atoms with Gasteiger partial charge in [0.15, 0.2) is 0 Å². The lowest BCUT2D eigenvalue weighted by atomic mass is 10.2. The molecule has 0 aromatic heterocycles. The van der Waals surface area contributed by atoms with Crippen LogP contribution in [0.15, 0.2) is 0 Å². The predicted molar refractivity (Wildman–Crippen MR) is 42.0 cm³/mol. The molecule has 0 aliphatic carbocycles. The molecular weight excluding hydrogens is 132 g/mol. The molecule has 1 rings (SSSR count). The minimum absolute atomic E-state index is 0.580. The zero-order valence-corrected chi connectivity index (χ0v) is 6.75. The molecule has 0 N–H and O–H groups in total. The van der Waals surface area contributed by atoms with Gasteiger partial charge < -0.3 is 4.74 Å². The zero-order chi connectivity index (χ0) is 6.53. The van der Waals surface area contributed by atoms with Gasteiger partial charge in [-0.25, -0.2) is 0 Å². The van der Waals surface area contributed by atoms with Crippen LogP contribution in [-0.2, 0) is 4.74 Å². The second kappa shape index (κ2) is 4.18. The zero-order valence-electron chi connectivity index (χ0n) is 5.93. The van der Waals surface area contributed by atoms with E-state index >= 15 is 0 Å². The Bertz CT molecular complexity index is 66.6. The summed E-state index contributed by atoms with van der Waals surface area (Å²) in [6.45, 7) is 2.96. The fourth-order valence-corrected chi connectivity index (χ4v) is 2.14. The van der Waals surface area contributed by atoms with Crippen molar-refractivity contribution in [1.82, 2.24) is 0 Å². The van der Waals surface area contributed by atoms with Gasteiger partial charge in [0.1, 0.15) is 0 Å². The third-order valence-electron chi connectivity index (χ3n) is 1.57. The Kier molecular flexibility index (Phi) is 3.44. The van der Waals surface area contributed by atoms with E-state index in [1.165, 1.54) is 24.3 Å². The van der Waals surface area contributed by atoms with Crippen LogP contribution in [-0.4, -0.2) is 24.2 Å². The first-order valence-corrected chi connectivity index (χ1v) is 4.78. The van der Waals surface area contributed by atoms with Crippen LogP contribution in [0.1, 0.15) is 19.8 Å². The Hall–Kier alpha value is 0.310. The predicted octanol–water partition coefficient (Wildman–Crippen LogP) is 1.92. The first-order valence-electron chi connectivity index (χ1n) is 3.63. The smallest absolute Gasteiger partial charge is 0.0590 e. The first kappa shape index (κ1) is 7.42. The fraction of sp³-hybridized carbons (Fsp3) is 1.00.